The van der Waals surface area contributed by atoms with Crippen molar-refractivity contribution in [2.75, 3.05) is 44.3 Å². The van der Waals surface area contributed by atoms with Crippen LogP contribution in [0, 0.1) is 5.82 Å². The van der Waals surface area contributed by atoms with Crippen LogP contribution in [0.25, 0.3) is 0 Å². The molecule has 0 spiro atoms. The van der Waals surface area contributed by atoms with E-state index in [0.29, 0.717) is 12.4 Å². The Morgan fingerprint density at radius 2 is 1.86 bits per heavy atom. The largest absolute Gasteiger partial charge is 0.384 e. The SMILES string of the molecule is NC1=NCN(C2OC(CN3CCN(c4ccc(F)cc4)CC3)CC2(F)F)C=C1. The van der Waals surface area contributed by atoms with Gasteiger partial charge in [-0.25, -0.2) is 18.2 Å². The van der Waals surface area contributed by atoms with Crippen LogP contribution in [-0.2, 0) is 4.74 Å². The van der Waals surface area contributed by atoms with Crippen molar-refractivity contribution in [2.24, 2.45) is 10.7 Å². The first-order valence-electron chi connectivity index (χ1n) is 9.41. The van der Waals surface area contributed by atoms with Gasteiger partial charge in [0.25, 0.3) is 5.92 Å². The third kappa shape index (κ3) is 4.10. The summed E-state index contributed by atoms with van der Waals surface area (Å²) in [5.74, 6) is -2.87. The summed E-state index contributed by atoms with van der Waals surface area (Å²) >= 11 is 0. The molecule has 152 valence electrons. The standard InChI is InChI=1S/C19H24F3N5O/c20-14-1-3-15(4-2-14)26-9-7-25(8-10-26)12-16-11-19(21,22)18(28-16)27-6-5-17(23)24-13-27/h1-6,16,18H,7-13H2,(H2,23,24). The lowest BCUT2D eigenvalue weighted by atomic mass is 10.1. The van der Waals surface area contributed by atoms with Crippen molar-refractivity contribution in [3.8, 4) is 0 Å². The lowest BCUT2D eigenvalue weighted by Crippen LogP contribution is -2.48. The van der Waals surface area contributed by atoms with E-state index in [9.17, 15) is 13.2 Å². The summed E-state index contributed by atoms with van der Waals surface area (Å²) in [6.45, 7) is 3.57. The van der Waals surface area contributed by atoms with Gasteiger partial charge in [-0.3, -0.25) is 4.90 Å². The van der Waals surface area contributed by atoms with Crippen molar-refractivity contribution < 1.29 is 17.9 Å². The van der Waals surface area contributed by atoms with E-state index in [1.54, 1.807) is 12.1 Å². The van der Waals surface area contributed by atoms with Gasteiger partial charge in [-0.1, -0.05) is 0 Å². The monoisotopic (exact) mass is 395 g/mol. The molecule has 28 heavy (non-hydrogen) atoms. The van der Waals surface area contributed by atoms with Crippen molar-refractivity contribution >= 4 is 11.5 Å². The number of rotatable bonds is 4. The number of nitrogens with two attached hydrogens (primary N) is 1. The number of alkyl halides is 2. The summed E-state index contributed by atoms with van der Waals surface area (Å²) in [6, 6.07) is 6.42. The highest BCUT2D eigenvalue weighted by atomic mass is 19.3. The minimum atomic E-state index is -2.94. The lowest BCUT2D eigenvalue weighted by molar-refractivity contribution is -0.138. The smallest absolute Gasteiger partial charge is 0.294 e. The Hall–Kier alpha value is -2.26. The van der Waals surface area contributed by atoms with Crippen LogP contribution in [0.4, 0.5) is 18.9 Å². The molecule has 0 aromatic heterocycles. The molecule has 4 rings (SSSR count). The fraction of sp³-hybridized carbons (Fsp3) is 0.526. The number of nitrogens with zero attached hydrogens (tertiary/aromatic N) is 4. The second-order valence-electron chi connectivity index (χ2n) is 7.39. The molecule has 1 aromatic carbocycles. The minimum Gasteiger partial charge on any atom is -0.384 e. The summed E-state index contributed by atoms with van der Waals surface area (Å²) in [5, 5.41) is 0. The Morgan fingerprint density at radius 3 is 2.50 bits per heavy atom. The molecule has 3 heterocycles. The number of hydrogen-bond acceptors (Lipinski definition) is 6. The fourth-order valence-corrected chi connectivity index (χ4v) is 3.88. The molecule has 3 aliphatic heterocycles. The molecule has 0 amide bonds. The zero-order chi connectivity index (χ0) is 19.7. The quantitative estimate of drug-likeness (QED) is 0.843. The van der Waals surface area contributed by atoms with Crippen LogP contribution in [0.3, 0.4) is 0 Å². The summed E-state index contributed by atoms with van der Waals surface area (Å²) in [4.78, 5) is 9.69. The van der Waals surface area contributed by atoms with Crippen molar-refractivity contribution in [3.05, 3.63) is 42.4 Å². The predicted molar refractivity (Wildman–Crippen MR) is 101 cm³/mol. The normalized spacial score (nSPS) is 27.9. The van der Waals surface area contributed by atoms with Crippen LogP contribution in [0.1, 0.15) is 6.42 Å². The van der Waals surface area contributed by atoms with Crippen LogP contribution < -0.4 is 10.6 Å². The van der Waals surface area contributed by atoms with E-state index in [1.165, 1.54) is 29.3 Å². The van der Waals surface area contributed by atoms with Crippen molar-refractivity contribution in [1.29, 1.82) is 0 Å². The van der Waals surface area contributed by atoms with Gasteiger partial charge in [-0.05, 0) is 30.3 Å². The Morgan fingerprint density at radius 1 is 1.14 bits per heavy atom. The Bertz CT molecular complexity index is 746. The maximum absolute atomic E-state index is 14.5. The summed E-state index contributed by atoms with van der Waals surface area (Å²) < 4.78 is 47.7. The van der Waals surface area contributed by atoms with Gasteiger partial charge in [0.1, 0.15) is 18.3 Å². The molecule has 0 bridgehead atoms. The van der Waals surface area contributed by atoms with Gasteiger partial charge in [0.2, 0.25) is 0 Å². The number of benzene rings is 1. The second-order valence-corrected chi connectivity index (χ2v) is 7.39. The van der Waals surface area contributed by atoms with E-state index >= 15 is 0 Å². The van der Waals surface area contributed by atoms with Gasteiger partial charge in [-0.15, -0.1) is 0 Å². The number of halogens is 3. The molecular formula is C19H24F3N5O. The Balaban J connectivity index is 1.30. The first-order chi connectivity index (χ1) is 13.4. The first kappa shape index (κ1) is 19.1. The van der Waals surface area contributed by atoms with E-state index in [0.717, 1.165) is 31.9 Å². The van der Waals surface area contributed by atoms with Crippen LogP contribution in [0.15, 0.2) is 41.5 Å². The van der Waals surface area contributed by atoms with Crippen molar-refractivity contribution in [1.82, 2.24) is 9.80 Å². The maximum Gasteiger partial charge on any atom is 0.294 e. The number of aliphatic imine (C=N–C) groups is 1. The van der Waals surface area contributed by atoms with Gasteiger partial charge in [0, 0.05) is 51.0 Å². The van der Waals surface area contributed by atoms with Gasteiger partial charge in [0.05, 0.1) is 6.10 Å². The van der Waals surface area contributed by atoms with Crippen LogP contribution in [-0.4, -0.2) is 73.3 Å². The van der Waals surface area contributed by atoms with Crippen molar-refractivity contribution in [2.45, 2.75) is 24.7 Å². The summed E-state index contributed by atoms with van der Waals surface area (Å²) in [7, 11) is 0. The van der Waals surface area contributed by atoms with Gasteiger partial charge < -0.3 is 20.3 Å². The average molecular weight is 395 g/mol. The Labute approximate surface area is 162 Å². The van der Waals surface area contributed by atoms with Gasteiger partial charge in [0.15, 0.2) is 6.23 Å². The molecule has 2 atom stereocenters. The summed E-state index contributed by atoms with van der Waals surface area (Å²) in [5.41, 5.74) is 6.53. The molecule has 2 fully saturated rings. The minimum absolute atomic E-state index is 0.0751. The zero-order valence-electron chi connectivity index (χ0n) is 15.5. The number of piperazine rings is 1. The van der Waals surface area contributed by atoms with E-state index < -0.39 is 18.3 Å². The summed E-state index contributed by atoms with van der Waals surface area (Å²) in [6.07, 6.45) is 0.870. The average Bonchev–Trinajstić information content (AvgIpc) is 2.98. The second kappa shape index (κ2) is 7.63. The first-order valence-corrected chi connectivity index (χ1v) is 9.41. The molecule has 2 saturated heterocycles. The molecule has 2 unspecified atom stereocenters. The molecule has 0 aliphatic carbocycles. The molecule has 9 heteroatoms. The van der Waals surface area contributed by atoms with E-state index in [1.807, 2.05) is 0 Å². The highest BCUT2D eigenvalue weighted by Gasteiger charge is 2.53. The van der Waals surface area contributed by atoms with Crippen LogP contribution in [0.5, 0.6) is 0 Å². The molecule has 3 aliphatic rings. The topological polar surface area (TPSA) is 57.3 Å². The number of amidine groups is 1. The molecule has 0 saturated carbocycles. The van der Waals surface area contributed by atoms with E-state index in [-0.39, 0.29) is 18.9 Å². The number of hydrogen-bond donors (Lipinski definition) is 1. The molecule has 0 radical (unpaired) electrons. The molecule has 6 nitrogen and oxygen atoms in total. The maximum atomic E-state index is 14.5. The zero-order valence-corrected chi connectivity index (χ0v) is 15.5. The van der Waals surface area contributed by atoms with Crippen molar-refractivity contribution in [3.63, 3.8) is 0 Å². The number of ether oxygens (including phenoxy) is 1. The molecular weight excluding hydrogens is 371 g/mol. The highest BCUT2D eigenvalue weighted by molar-refractivity contribution is 5.91. The Kier molecular flexibility index (Phi) is 5.20. The third-order valence-corrected chi connectivity index (χ3v) is 5.36. The lowest BCUT2D eigenvalue weighted by Gasteiger charge is -2.37. The third-order valence-electron chi connectivity index (χ3n) is 5.36. The van der Waals surface area contributed by atoms with E-state index in [4.69, 9.17) is 10.5 Å². The van der Waals surface area contributed by atoms with Gasteiger partial charge >= 0.3 is 0 Å². The molecule has 2 N–H and O–H groups in total. The van der Waals surface area contributed by atoms with Crippen LogP contribution >= 0.6 is 0 Å². The fourth-order valence-electron chi connectivity index (χ4n) is 3.88. The highest BCUT2D eigenvalue weighted by Crippen LogP contribution is 2.38. The van der Waals surface area contributed by atoms with E-state index in [2.05, 4.69) is 14.8 Å². The molecule has 1 aromatic rings. The van der Waals surface area contributed by atoms with Gasteiger partial charge in [-0.2, -0.15) is 0 Å². The van der Waals surface area contributed by atoms with Crippen LogP contribution in [0.2, 0.25) is 0 Å². The number of anilines is 1. The predicted octanol–water partition coefficient (Wildman–Crippen LogP) is 1.84.